The van der Waals surface area contributed by atoms with E-state index >= 15 is 0 Å². The number of fused-ring (bicyclic) bond motifs is 2. The largest absolute Gasteiger partial charge is 0.493 e. The molecular weight excluding hydrogens is 452 g/mol. The number of pyridine rings is 2. The summed E-state index contributed by atoms with van der Waals surface area (Å²) in [6.07, 6.45) is 5.12. The number of ether oxygens (including phenoxy) is 4. The van der Waals surface area contributed by atoms with Crippen molar-refractivity contribution in [2.45, 2.75) is 12.8 Å². The molecule has 0 N–H and O–H groups in total. The third-order valence-corrected chi connectivity index (χ3v) is 6.47. The molecule has 0 aliphatic heterocycles. The highest BCUT2D eigenvalue weighted by Crippen LogP contribution is 2.35. The zero-order chi connectivity index (χ0) is 25.1. The Kier molecular flexibility index (Phi) is 6.58. The summed E-state index contributed by atoms with van der Waals surface area (Å²) in [5, 5.41) is 4.26. The zero-order valence-electron chi connectivity index (χ0n) is 20.9. The van der Waals surface area contributed by atoms with Crippen molar-refractivity contribution in [1.29, 1.82) is 0 Å². The molecule has 0 atom stereocenters. The molecule has 5 rings (SSSR count). The maximum atomic E-state index is 5.51. The van der Waals surface area contributed by atoms with Crippen LogP contribution in [-0.2, 0) is 12.8 Å². The van der Waals surface area contributed by atoms with Crippen molar-refractivity contribution in [3.05, 3.63) is 95.6 Å². The average Bonchev–Trinajstić information content (AvgIpc) is 2.92. The van der Waals surface area contributed by atoms with Gasteiger partial charge in [-0.1, -0.05) is 24.3 Å². The van der Waals surface area contributed by atoms with Crippen molar-refractivity contribution in [1.82, 2.24) is 9.97 Å². The van der Waals surface area contributed by atoms with Gasteiger partial charge in [-0.25, -0.2) is 0 Å². The third-order valence-electron chi connectivity index (χ3n) is 6.47. The standard InChI is InChI=1S/C30H28N2O4/c1-33-27-15-21-9-11-31-25(23(21)17-29(27)35-3)13-19-5-7-20(8-6-19)14-26-24-18-30(36-4)28(34-2)16-22(24)10-12-32-26/h5-12,15-18H,13-14H2,1-4H3. The zero-order valence-corrected chi connectivity index (χ0v) is 20.9. The van der Waals surface area contributed by atoms with Gasteiger partial charge in [-0.05, 0) is 58.3 Å². The fraction of sp³-hybridized carbons (Fsp3) is 0.200. The first kappa shape index (κ1) is 23.4. The normalized spacial score (nSPS) is 11.0. The molecule has 182 valence electrons. The molecule has 6 heteroatoms. The Morgan fingerprint density at radius 2 is 0.861 bits per heavy atom. The molecule has 0 spiro atoms. The highest BCUT2D eigenvalue weighted by atomic mass is 16.5. The summed E-state index contributed by atoms with van der Waals surface area (Å²) in [7, 11) is 6.59. The number of hydrogen-bond donors (Lipinski definition) is 0. The lowest BCUT2D eigenvalue weighted by atomic mass is 9.99. The fourth-order valence-electron chi connectivity index (χ4n) is 4.56. The van der Waals surface area contributed by atoms with Crippen LogP contribution in [0.4, 0.5) is 0 Å². The maximum Gasteiger partial charge on any atom is 0.161 e. The van der Waals surface area contributed by atoms with E-state index in [1.165, 1.54) is 11.1 Å². The molecule has 0 aliphatic carbocycles. The van der Waals surface area contributed by atoms with Crippen LogP contribution >= 0.6 is 0 Å². The van der Waals surface area contributed by atoms with Crippen LogP contribution < -0.4 is 18.9 Å². The summed E-state index contributed by atoms with van der Waals surface area (Å²) in [6, 6.07) is 20.6. The second-order valence-corrected chi connectivity index (χ2v) is 8.54. The first-order valence-corrected chi connectivity index (χ1v) is 11.7. The minimum atomic E-state index is 0.700. The van der Waals surface area contributed by atoms with Crippen molar-refractivity contribution < 1.29 is 18.9 Å². The molecule has 0 amide bonds. The molecule has 2 aromatic heterocycles. The molecule has 36 heavy (non-hydrogen) atoms. The Hall–Kier alpha value is -4.32. The van der Waals surface area contributed by atoms with E-state index in [2.05, 4.69) is 34.2 Å². The van der Waals surface area contributed by atoms with Crippen LogP contribution in [0.1, 0.15) is 22.5 Å². The van der Waals surface area contributed by atoms with Gasteiger partial charge in [0.1, 0.15) is 0 Å². The molecule has 0 radical (unpaired) electrons. The molecule has 3 aromatic carbocycles. The van der Waals surface area contributed by atoms with E-state index in [0.29, 0.717) is 23.0 Å². The monoisotopic (exact) mass is 480 g/mol. The quantitative estimate of drug-likeness (QED) is 0.271. The summed E-state index contributed by atoms with van der Waals surface area (Å²) in [4.78, 5) is 9.32. The number of nitrogens with zero attached hydrogens (tertiary/aromatic N) is 2. The van der Waals surface area contributed by atoms with E-state index in [1.807, 2.05) is 48.8 Å². The Bertz CT molecular complexity index is 1410. The first-order chi connectivity index (χ1) is 17.6. The Balaban J connectivity index is 1.41. The minimum Gasteiger partial charge on any atom is -0.493 e. The van der Waals surface area contributed by atoms with Gasteiger partial charge in [0, 0.05) is 36.0 Å². The Morgan fingerprint density at radius 3 is 1.22 bits per heavy atom. The van der Waals surface area contributed by atoms with E-state index in [-0.39, 0.29) is 0 Å². The van der Waals surface area contributed by atoms with Crippen LogP contribution in [0.25, 0.3) is 21.5 Å². The number of methoxy groups -OCH3 is 4. The summed E-state index contributed by atoms with van der Waals surface area (Å²) in [5.74, 6) is 2.83. The van der Waals surface area contributed by atoms with Crippen LogP contribution in [0.15, 0.2) is 73.1 Å². The summed E-state index contributed by atoms with van der Waals surface area (Å²) < 4.78 is 21.9. The van der Waals surface area contributed by atoms with E-state index in [4.69, 9.17) is 18.9 Å². The SMILES string of the molecule is COc1cc2ccnc(Cc3ccc(Cc4nccc5cc(OC)c(OC)cc45)cc3)c2cc1OC. The molecule has 0 bridgehead atoms. The Labute approximate surface area is 210 Å². The van der Waals surface area contributed by atoms with Gasteiger partial charge < -0.3 is 18.9 Å². The van der Waals surface area contributed by atoms with E-state index in [0.717, 1.165) is 45.8 Å². The van der Waals surface area contributed by atoms with Crippen LogP contribution in [0, 0.1) is 0 Å². The highest BCUT2D eigenvalue weighted by Gasteiger charge is 2.12. The topological polar surface area (TPSA) is 62.7 Å². The van der Waals surface area contributed by atoms with Gasteiger partial charge in [-0.2, -0.15) is 0 Å². The number of benzene rings is 3. The molecule has 5 aromatic rings. The smallest absolute Gasteiger partial charge is 0.161 e. The second-order valence-electron chi connectivity index (χ2n) is 8.54. The van der Waals surface area contributed by atoms with Gasteiger partial charge >= 0.3 is 0 Å². The Morgan fingerprint density at radius 1 is 0.500 bits per heavy atom. The molecular formula is C30H28N2O4. The summed E-state index contributed by atoms with van der Waals surface area (Å²) in [6.45, 7) is 0. The summed E-state index contributed by atoms with van der Waals surface area (Å²) in [5.41, 5.74) is 4.37. The van der Waals surface area contributed by atoms with Crippen LogP contribution in [0.5, 0.6) is 23.0 Å². The molecule has 0 saturated heterocycles. The van der Waals surface area contributed by atoms with Crippen molar-refractivity contribution in [2.24, 2.45) is 0 Å². The van der Waals surface area contributed by atoms with Crippen LogP contribution in [0.3, 0.4) is 0 Å². The van der Waals surface area contributed by atoms with Gasteiger partial charge in [-0.15, -0.1) is 0 Å². The molecule has 0 saturated carbocycles. The van der Waals surface area contributed by atoms with E-state index < -0.39 is 0 Å². The van der Waals surface area contributed by atoms with Crippen molar-refractivity contribution in [3.8, 4) is 23.0 Å². The van der Waals surface area contributed by atoms with Gasteiger partial charge in [0.25, 0.3) is 0 Å². The van der Waals surface area contributed by atoms with Gasteiger partial charge in [0.15, 0.2) is 23.0 Å². The van der Waals surface area contributed by atoms with Gasteiger partial charge in [0.05, 0.1) is 39.8 Å². The van der Waals surface area contributed by atoms with Crippen molar-refractivity contribution in [3.63, 3.8) is 0 Å². The predicted octanol–water partition coefficient (Wildman–Crippen LogP) is 6.00. The van der Waals surface area contributed by atoms with Gasteiger partial charge in [0.2, 0.25) is 0 Å². The van der Waals surface area contributed by atoms with E-state index in [1.54, 1.807) is 28.4 Å². The first-order valence-electron chi connectivity index (χ1n) is 11.7. The van der Waals surface area contributed by atoms with Crippen molar-refractivity contribution in [2.75, 3.05) is 28.4 Å². The fourth-order valence-corrected chi connectivity index (χ4v) is 4.56. The lowest BCUT2D eigenvalue weighted by molar-refractivity contribution is 0.356. The highest BCUT2D eigenvalue weighted by molar-refractivity contribution is 5.89. The molecule has 0 fully saturated rings. The number of hydrogen-bond acceptors (Lipinski definition) is 6. The lowest BCUT2D eigenvalue weighted by Crippen LogP contribution is -1.98. The molecule has 6 nitrogen and oxygen atoms in total. The van der Waals surface area contributed by atoms with Gasteiger partial charge in [-0.3, -0.25) is 9.97 Å². The predicted molar refractivity (Wildman–Crippen MR) is 142 cm³/mol. The minimum absolute atomic E-state index is 0.700. The average molecular weight is 481 g/mol. The third kappa shape index (κ3) is 4.50. The molecule has 0 unspecified atom stereocenters. The number of aromatic nitrogens is 2. The number of rotatable bonds is 8. The summed E-state index contributed by atoms with van der Waals surface area (Å²) >= 11 is 0. The van der Waals surface area contributed by atoms with Crippen molar-refractivity contribution >= 4 is 21.5 Å². The molecule has 2 heterocycles. The second kappa shape index (κ2) is 10.1. The van der Waals surface area contributed by atoms with Crippen LogP contribution in [-0.4, -0.2) is 38.4 Å². The molecule has 0 aliphatic rings. The maximum absolute atomic E-state index is 5.51. The van der Waals surface area contributed by atoms with E-state index in [9.17, 15) is 0 Å². The lowest BCUT2D eigenvalue weighted by Gasteiger charge is -2.12. The van der Waals surface area contributed by atoms with Crippen LogP contribution in [0.2, 0.25) is 0 Å².